The number of aromatic amines is 1. The van der Waals surface area contributed by atoms with E-state index in [0.717, 1.165) is 26.6 Å². The van der Waals surface area contributed by atoms with E-state index in [4.69, 9.17) is 10.00 Å². The van der Waals surface area contributed by atoms with Gasteiger partial charge in [-0.3, -0.25) is 4.79 Å². The number of hydrogen-bond acceptors (Lipinski definition) is 8. The molecule has 0 spiro atoms. The van der Waals surface area contributed by atoms with E-state index in [1.165, 1.54) is 11.8 Å². The number of carbonyl (C=O) groups excluding carboxylic acids is 1. The van der Waals surface area contributed by atoms with Crippen molar-refractivity contribution in [3.05, 3.63) is 84.3 Å². The zero-order valence-electron chi connectivity index (χ0n) is 22.1. The summed E-state index contributed by atoms with van der Waals surface area (Å²) in [6, 6.07) is 19.7. The summed E-state index contributed by atoms with van der Waals surface area (Å²) in [6.07, 6.45) is 5.47. The van der Waals surface area contributed by atoms with Crippen molar-refractivity contribution in [1.82, 2.24) is 15.0 Å². The summed E-state index contributed by atoms with van der Waals surface area (Å²) in [5, 5.41) is 9.01. The Morgan fingerprint density at radius 3 is 2.47 bits per heavy atom. The average molecular weight is 530 g/mol. The fourth-order valence-corrected chi connectivity index (χ4v) is 3.90. The number of nitriles is 1. The Hall–Kier alpha value is -4.29. The van der Waals surface area contributed by atoms with Gasteiger partial charge in [-0.15, -0.1) is 0 Å². The number of rotatable bonds is 8. The maximum Gasteiger partial charge on any atom is 0.293 e. The first-order valence-corrected chi connectivity index (χ1v) is 12.7. The molecule has 0 unspecified atom stereocenters. The average Bonchev–Trinajstić information content (AvgIpc) is 3.43. The molecule has 2 aromatic carbocycles. The molecule has 0 bridgehead atoms. The molecule has 0 saturated heterocycles. The first-order chi connectivity index (χ1) is 18.2. The van der Waals surface area contributed by atoms with Crippen molar-refractivity contribution in [2.45, 2.75) is 42.8 Å². The Morgan fingerprint density at radius 2 is 1.89 bits per heavy atom. The van der Waals surface area contributed by atoms with Gasteiger partial charge in [0.25, 0.3) is 6.47 Å². The molecule has 0 atom stereocenters. The molecular weight excluding hydrogens is 498 g/mol. The van der Waals surface area contributed by atoms with E-state index in [2.05, 4.69) is 42.8 Å². The normalized spacial score (nSPS) is 10.5. The lowest BCUT2D eigenvalue weighted by atomic mass is 10.2. The number of H-pyrrole nitrogens is 1. The van der Waals surface area contributed by atoms with Gasteiger partial charge in [-0.25, -0.2) is 4.98 Å². The highest BCUT2D eigenvalue weighted by atomic mass is 32.2. The van der Waals surface area contributed by atoms with Crippen LogP contribution in [0.1, 0.15) is 31.9 Å². The van der Waals surface area contributed by atoms with Gasteiger partial charge in [-0.05, 0) is 68.8 Å². The van der Waals surface area contributed by atoms with E-state index in [0.29, 0.717) is 30.3 Å². The lowest BCUT2D eigenvalue weighted by Crippen LogP contribution is -2.17. The van der Waals surface area contributed by atoms with Gasteiger partial charge in [0.1, 0.15) is 12.2 Å². The maximum atomic E-state index is 9.60. The van der Waals surface area contributed by atoms with Gasteiger partial charge in [0.05, 0.1) is 16.5 Å². The summed E-state index contributed by atoms with van der Waals surface area (Å²) in [4.78, 5) is 25.7. The topological polar surface area (TPSA) is 104 Å². The number of anilines is 1. The third-order valence-corrected chi connectivity index (χ3v) is 6.00. The van der Waals surface area contributed by atoms with Crippen molar-refractivity contribution in [2.24, 2.45) is 0 Å². The maximum absolute atomic E-state index is 9.60. The minimum Gasteiger partial charge on any atom is -0.472 e. The summed E-state index contributed by atoms with van der Waals surface area (Å²) < 4.78 is 10.7. The zero-order chi connectivity index (χ0) is 27.5. The molecule has 0 aliphatic carbocycles. The second kappa shape index (κ2) is 13.3. The predicted molar refractivity (Wildman–Crippen MR) is 149 cm³/mol. The third kappa shape index (κ3) is 8.68. The summed E-state index contributed by atoms with van der Waals surface area (Å²) in [5.74, 6) is 1.12. The molecular formula is C29H31N5O3S. The highest BCUT2D eigenvalue weighted by molar-refractivity contribution is 7.99. The number of ether oxygens (including phenoxy) is 2. The van der Waals surface area contributed by atoms with Crippen molar-refractivity contribution >= 4 is 23.9 Å². The smallest absolute Gasteiger partial charge is 0.293 e. The molecule has 4 rings (SSSR count). The Bertz CT molecular complexity index is 1360. The Morgan fingerprint density at radius 1 is 1.13 bits per heavy atom. The van der Waals surface area contributed by atoms with E-state index in [9.17, 15) is 4.79 Å². The molecule has 196 valence electrons. The molecule has 8 nitrogen and oxygen atoms in total. The Balaban J connectivity index is 0.000000505. The molecule has 2 aromatic heterocycles. The van der Waals surface area contributed by atoms with E-state index < -0.39 is 0 Å². The largest absolute Gasteiger partial charge is 0.472 e. The minimum absolute atomic E-state index is 0.318. The number of nitrogens with zero attached hydrogens (tertiary/aromatic N) is 4. The zero-order valence-corrected chi connectivity index (χ0v) is 23.0. The molecule has 2 heterocycles. The highest BCUT2D eigenvalue weighted by Gasteiger charge is 2.13. The van der Waals surface area contributed by atoms with E-state index >= 15 is 0 Å². The molecule has 0 amide bonds. The number of nitrogens with one attached hydrogen (secondary N) is 1. The molecule has 0 aliphatic heterocycles. The third-order valence-electron chi connectivity index (χ3n) is 4.99. The Kier molecular flexibility index (Phi) is 9.91. The van der Waals surface area contributed by atoms with Crippen LogP contribution in [0.3, 0.4) is 0 Å². The summed E-state index contributed by atoms with van der Waals surface area (Å²) >= 11 is 1.51. The molecule has 0 radical (unpaired) electrons. The lowest BCUT2D eigenvalue weighted by Gasteiger charge is -2.15. The van der Waals surface area contributed by atoms with Crippen LogP contribution in [0.5, 0.6) is 5.88 Å². The second-order valence-corrected chi connectivity index (χ2v) is 10.5. The van der Waals surface area contributed by atoms with Crippen molar-refractivity contribution in [3.63, 3.8) is 0 Å². The van der Waals surface area contributed by atoms with Crippen molar-refractivity contribution in [3.8, 4) is 23.3 Å². The van der Waals surface area contributed by atoms with Crippen LogP contribution in [-0.4, -0.2) is 41.1 Å². The van der Waals surface area contributed by atoms with Crippen molar-refractivity contribution in [2.75, 3.05) is 19.0 Å². The summed E-state index contributed by atoms with van der Waals surface area (Å²) in [6.45, 7) is 6.32. The quantitative estimate of drug-likeness (QED) is 0.273. The van der Waals surface area contributed by atoms with Gasteiger partial charge >= 0.3 is 0 Å². The fraction of sp³-hybridized carbons (Fsp3) is 0.241. The fourth-order valence-electron chi connectivity index (χ4n) is 3.08. The molecule has 1 N–H and O–H groups in total. The van der Waals surface area contributed by atoms with Gasteiger partial charge in [-0.2, -0.15) is 10.2 Å². The van der Waals surface area contributed by atoms with Gasteiger partial charge in [0.15, 0.2) is 5.82 Å². The van der Waals surface area contributed by atoms with Crippen LogP contribution < -0.4 is 9.64 Å². The lowest BCUT2D eigenvalue weighted by molar-refractivity contribution is -0.138. The first kappa shape index (κ1) is 28.3. The van der Waals surface area contributed by atoms with Crippen molar-refractivity contribution < 1.29 is 14.3 Å². The SMILES string of the molecule is CC(C)(C)OC=O.CN(C)c1cccc(COc2nc(-c3cc[nH]c3)ncc2Sc2ccc(C#N)cc2)c1. The number of carbonyl (C=O) groups is 1. The summed E-state index contributed by atoms with van der Waals surface area (Å²) in [7, 11) is 4.03. The molecule has 38 heavy (non-hydrogen) atoms. The van der Waals surface area contributed by atoms with Crippen LogP contribution >= 0.6 is 11.8 Å². The number of aromatic nitrogens is 3. The van der Waals surface area contributed by atoms with Crippen LogP contribution in [0.15, 0.2) is 83.0 Å². The van der Waals surface area contributed by atoms with Gasteiger partial charge in [0.2, 0.25) is 5.88 Å². The van der Waals surface area contributed by atoms with Gasteiger partial charge < -0.3 is 19.4 Å². The van der Waals surface area contributed by atoms with Gasteiger partial charge in [-0.1, -0.05) is 23.9 Å². The monoisotopic (exact) mass is 529 g/mol. The summed E-state index contributed by atoms with van der Waals surface area (Å²) in [5.41, 5.74) is 3.38. The highest BCUT2D eigenvalue weighted by Crippen LogP contribution is 2.35. The number of benzene rings is 2. The van der Waals surface area contributed by atoms with Crippen LogP contribution in [0, 0.1) is 11.3 Å². The molecule has 0 saturated carbocycles. The van der Waals surface area contributed by atoms with Crippen LogP contribution in [0.25, 0.3) is 11.4 Å². The van der Waals surface area contributed by atoms with E-state index in [1.54, 1.807) is 18.3 Å². The number of hydrogen-bond donors (Lipinski definition) is 1. The molecule has 0 fully saturated rings. The van der Waals surface area contributed by atoms with E-state index in [1.807, 2.05) is 77.6 Å². The Labute approximate surface area is 227 Å². The standard InChI is InChI=1S/C24H21N5OS.C5H10O2/c1-29(2)20-5-3-4-18(12-20)16-30-24-22(31-21-8-6-17(13-25)7-9-21)15-27-23(28-24)19-10-11-26-14-19;1-5(2,3)7-4-6/h3-12,14-15,26H,16H2,1-2H3;4H,1-3H3. The first-order valence-electron chi connectivity index (χ1n) is 11.9. The van der Waals surface area contributed by atoms with Crippen LogP contribution in [0.4, 0.5) is 5.69 Å². The van der Waals surface area contributed by atoms with Crippen molar-refractivity contribution in [1.29, 1.82) is 5.26 Å². The van der Waals surface area contributed by atoms with E-state index in [-0.39, 0.29) is 5.60 Å². The van der Waals surface area contributed by atoms with Crippen LogP contribution in [-0.2, 0) is 16.1 Å². The minimum atomic E-state index is -0.318. The molecule has 9 heteroatoms. The predicted octanol–water partition coefficient (Wildman–Crippen LogP) is 6.10. The van der Waals surface area contributed by atoms with Gasteiger partial charge in [0, 0.05) is 48.8 Å². The van der Waals surface area contributed by atoms with Crippen LogP contribution in [0.2, 0.25) is 0 Å². The second-order valence-electron chi connectivity index (χ2n) is 9.38. The molecule has 4 aromatic rings. The molecule has 0 aliphatic rings.